The summed E-state index contributed by atoms with van der Waals surface area (Å²) in [5.74, 6) is 0.450. The zero-order chi connectivity index (χ0) is 8.97. The van der Waals surface area contributed by atoms with Crippen LogP contribution in [0.5, 0.6) is 0 Å². The van der Waals surface area contributed by atoms with Gasteiger partial charge in [-0.2, -0.15) is 0 Å². The van der Waals surface area contributed by atoms with E-state index in [1.807, 2.05) is 18.2 Å². The second kappa shape index (κ2) is 4.24. The lowest BCUT2D eigenvalue weighted by molar-refractivity contribution is 0.567. The van der Waals surface area contributed by atoms with E-state index in [1.165, 1.54) is 5.56 Å². The van der Waals surface area contributed by atoms with E-state index in [4.69, 9.17) is 11.5 Å². The molecule has 0 aromatic heterocycles. The van der Waals surface area contributed by atoms with Gasteiger partial charge in [0.1, 0.15) is 0 Å². The van der Waals surface area contributed by atoms with Gasteiger partial charge in [-0.3, -0.25) is 0 Å². The SMILES string of the molecule is CC(CC(N)N)c1ccccc1. The fourth-order valence-corrected chi connectivity index (χ4v) is 1.33. The number of nitrogens with two attached hydrogens (primary N) is 2. The van der Waals surface area contributed by atoms with Gasteiger partial charge in [-0.25, -0.2) is 0 Å². The molecular formula is C10H16N2. The van der Waals surface area contributed by atoms with Crippen molar-refractivity contribution in [2.75, 3.05) is 0 Å². The molecular weight excluding hydrogens is 148 g/mol. The van der Waals surface area contributed by atoms with Gasteiger partial charge in [0.2, 0.25) is 0 Å². The molecule has 0 saturated carbocycles. The molecule has 0 aliphatic carbocycles. The molecule has 2 nitrogen and oxygen atoms in total. The summed E-state index contributed by atoms with van der Waals surface area (Å²) in [4.78, 5) is 0. The monoisotopic (exact) mass is 164 g/mol. The highest BCUT2D eigenvalue weighted by Gasteiger charge is 2.06. The first-order valence-corrected chi connectivity index (χ1v) is 4.26. The molecule has 1 unspecified atom stereocenters. The first-order chi connectivity index (χ1) is 5.70. The van der Waals surface area contributed by atoms with Crippen LogP contribution in [-0.4, -0.2) is 6.17 Å². The highest BCUT2D eigenvalue weighted by Crippen LogP contribution is 2.17. The first kappa shape index (κ1) is 9.23. The van der Waals surface area contributed by atoms with Crippen LogP contribution < -0.4 is 11.5 Å². The zero-order valence-corrected chi connectivity index (χ0v) is 7.40. The van der Waals surface area contributed by atoms with Crippen LogP contribution in [0.1, 0.15) is 24.8 Å². The molecule has 0 amide bonds. The molecule has 0 fully saturated rings. The van der Waals surface area contributed by atoms with E-state index in [1.54, 1.807) is 0 Å². The van der Waals surface area contributed by atoms with Crippen LogP contribution in [0.25, 0.3) is 0 Å². The standard InChI is InChI=1S/C10H16N2/c1-8(7-10(11)12)9-5-3-2-4-6-9/h2-6,8,10H,7,11-12H2,1H3. The molecule has 1 aromatic carbocycles. The summed E-state index contributed by atoms with van der Waals surface area (Å²) in [6, 6.07) is 10.3. The van der Waals surface area contributed by atoms with E-state index in [2.05, 4.69) is 19.1 Å². The van der Waals surface area contributed by atoms with Crippen LogP contribution in [0.2, 0.25) is 0 Å². The third-order valence-electron chi connectivity index (χ3n) is 1.99. The van der Waals surface area contributed by atoms with E-state index >= 15 is 0 Å². The van der Waals surface area contributed by atoms with Crippen molar-refractivity contribution in [3.8, 4) is 0 Å². The Kier molecular flexibility index (Phi) is 3.26. The molecule has 1 rings (SSSR count). The van der Waals surface area contributed by atoms with E-state index in [9.17, 15) is 0 Å². The average Bonchev–Trinajstić information content (AvgIpc) is 2.05. The minimum atomic E-state index is -0.208. The largest absolute Gasteiger partial charge is 0.316 e. The Labute approximate surface area is 73.6 Å². The molecule has 0 radical (unpaired) electrons. The van der Waals surface area contributed by atoms with Gasteiger partial charge in [-0.05, 0) is 17.9 Å². The minimum absolute atomic E-state index is 0.208. The molecule has 66 valence electrons. The second-order valence-electron chi connectivity index (χ2n) is 3.21. The van der Waals surface area contributed by atoms with Gasteiger partial charge >= 0.3 is 0 Å². The summed E-state index contributed by atoms with van der Waals surface area (Å²) >= 11 is 0. The predicted octanol–water partition coefficient (Wildman–Crippen LogP) is 1.42. The van der Waals surface area contributed by atoms with Crippen molar-refractivity contribution in [2.45, 2.75) is 25.4 Å². The molecule has 0 aliphatic rings. The second-order valence-corrected chi connectivity index (χ2v) is 3.21. The molecule has 0 saturated heterocycles. The van der Waals surface area contributed by atoms with Crippen LogP contribution in [0.3, 0.4) is 0 Å². The average molecular weight is 164 g/mol. The molecule has 0 aliphatic heterocycles. The summed E-state index contributed by atoms with van der Waals surface area (Å²) in [7, 11) is 0. The lowest BCUT2D eigenvalue weighted by Crippen LogP contribution is -2.31. The topological polar surface area (TPSA) is 52.0 Å². The zero-order valence-electron chi connectivity index (χ0n) is 7.40. The summed E-state index contributed by atoms with van der Waals surface area (Å²) < 4.78 is 0. The van der Waals surface area contributed by atoms with Crippen molar-refractivity contribution < 1.29 is 0 Å². The highest BCUT2D eigenvalue weighted by molar-refractivity contribution is 5.18. The smallest absolute Gasteiger partial charge is 0.0526 e. The van der Waals surface area contributed by atoms with Gasteiger partial charge < -0.3 is 11.5 Å². The van der Waals surface area contributed by atoms with Gasteiger partial charge in [0.05, 0.1) is 6.17 Å². The van der Waals surface area contributed by atoms with E-state index in [0.29, 0.717) is 5.92 Å². The Morgan fingerprint density at radius 3 is 2.25 bits per heavy atom. The third kappa shape index (κ3) is 2.64. The maximum absolute atomic E-state index is 5.51. The Balaban J connectivity index is 2.59. The van der Waals surface area contributed by atoms with Crippen LogP contribution in [-0.2, 0) is 0 Å². The van der Waals surface area contributed by atoms with Gasteiger partial charge in [0.15, 0.2) is 0 Å². The lowest BCUT2D eigenvalue weighted by Gasteiger charge is -2.13. The first-order valence-electron chi connectivity index (χ1n) is 4.26. The van der Waals surface area contributed by atoms with Crippen molar-refractivity contribution >= 4 is 0 Å². The molecule has 12 heavy (non-hydrogen) atoms. The summed E-state index contributed by atoms with van der Waals surface area (Å²) in [6.45, 7) is 2.14. The van der Waals surface area contributed by atoms with Gasteiger partial charge in [-0.1, -0.05) is 37.3 Å². The maximum atomic E-state index is 5.51. The predicted molar refractivity (Wildman–Crippen MR) is 51.6 cm³/mol. The third-order valence-corrected chi connectivity index (χ3v) is 1.99. The summed E-state index contributed by atoms with van der Waals surface area (Å²) in [5, 5.41) is 0. The van der Waals surface area contributed by atoms with E-state index in [-0.39, 0.29) is 6.17 Å². The number of hydrogen-bond acceptors (Lipinski definition) is 2. The Morgan fingerprint density at radius 2 is 1.75 bits per heavy atom. The van der Waals surface area contributed by atoms with Gasteiger partial charge in [0.25, 0.3) is 0 Å². The Hall–Kier alpha value is -0.860. The van der Waals surface area contributed by atoms with Crippen LogP contribution >= 0.6 is 0 Å². The molecule has 0 heterocycles. The van der Waals surface area contributed by atoms with Crippen molar-refractivity contribution in [3.63, 3.8) is 0 Å². The van der Waals surface area contributed by atoms with E-state index in [0.717, 1.165) is 6.42 Å². The van der Waals surface area contributed by atoms with Crippen molar-refractivity contribution in [1.82, 2.24) is 0 Å². The molecule has 4 N–H and O–H groups in total. The number of rotatable bonds is 3. The summed E-state index contributed by atoms with van der Waals surface area (Å²) in [5.41, 5.74) is 12.3. The molecule has 1 atom stereocenters. The van der Waals surface area contributed by atoms with Gasteiger partial charge in [-0.15, -0.1) is 0 Å². The minimum Gasteiger partial charge on any atom is -0.316 e. The van der Waals surface area contributed by atoms with Crippen molar-refractivity contribution in [2.24, 2.45) is 11.5 Å². The molecule has 2 heteroatoms. The Morgan fingerprint density at radius 1 is 1.17 bits per heavy atom. The van der Waals surface area contributed by atoms with Crippen molar-refractivity contribution in [1.29, 1.82) is 0 Å². The highest BCUT2D eigenvalue weighted by atomic mass is 14.8. The number of benzene rings is 1. The van der Waals surface area contributed by atoms with E-state index < -0.39 is 0 Å². The van der Waals surface area contributed by atoms with Crippen LogP contribution in [0.15, 0.2) is 30.3 Å². The Bertz CT molecular complexity index is 219. The normalized spacial score (nSPS) is 13.3. The van der Waals surface area contributed by atoms with Crippen LogP contribution in [0.4, 0.5) is 0 Å². The fourth-order valence-electron chi connectivity index (χ4n) is 1.33. The molecule has 0 bridgehead atoms. The maximum Gasteiger partial charge on any atom is 0.0526 e. The fraction of sp³-hybridized carbons (Fsp3) is 0.400. The van der Waals surface area contributed by atoms with Gasteiger partial charge in [0, 0.05) is 0 Å². The molecule has 1 aromatic rings. The quantitative estimate of drug-likeness (QED) is 0.664. The van der Waals surface area contributed by atoms with Crippen LogP contribution in [0, 0.1) is 0 Å². The lowest BCUT2D eigenvalue weighted by atomic mass is 9.97. The number of hydrogen-bond donors (Lipinski definition) is 2. The molecule has 0 spiro atoms. The summed E-state index contributed by atoms with van der Waals surface area (Å²) in [6.07, 6.45) is 0.629. The van der Waals surface area contributed by atoms with Crippen molar-refractivity contribution in [3.05, 3.63) is 35.9 Å².